The van der Waals surface area contributed by atoms with E-state index >= 15 is 0 Å². The molecule has 1 saturated carbocycles. The van der Waals surface area contributed by atoms with E-state index in [1.165, 1.54) is 5.56 Å². The fourth-order valence-electron chi connectivity index (χ4n) is 2.12. The molecule has 1 aliphatic rings. The predicted octanol–water partition coefficient (Wildman–Crippen LogP) is 3.21. The SMILES string of the molecule is Cc1ccc(C2CC2(C)C)cc1C(=O)O. The van der Waals surface area contributed by atoms with Gasteiger partial charge in [-0.2, -0.15) is 0 Å². The molecule has 1 N–H and O–H groups in total. The molecule has 15 heavy (non-hydrogen) atoms. The number of hydrogen-bond donors (Lipinski definition) is 1. The predicted molar refractivity (Wildman–Crippen MR) is 59.3 cm³/mol. The van der Waals surface area contributed by atoms with Gasteiger partial charge in [-0.05, 0) is 41.9 Å². The maximum Gasteiger partial charge on any atom is 0.335 e. The van der Waals surface area contributed by atoms with E-state index in [0.29, 0.717) is 16.9 Å². The standard InChI is InChI=1S/C13H16O2/c1-8-4-5-9(6-10(8)12(14)15)11-7-13(11,2)3/h4-6,11H,7H2,1-3H3,(H,14,15). The van der Waals surface area contributed by atoms with E-state index in [2.05, 4.69) is 19.9 Å². The van der Waals surface area contributed by atoms with Crippen LogP contribution in [0.25, 0.3) is 0 Å². The zero-order valence-corrected chi connectivity index (χ0v) is 9.37. The first-order valence-corrected chi connectivity index (χ1v) is 5.25. The lowest BCUT2D eigenvalue weighted by Crippen LogP contribution is -2.01. The van der Waals surface area contributed by atoms with Crippen molar-refractivity contribution >= 4 is 5.97 Å². The van der Waals surface area contributed by atoms with E-state index in [1.807, 2.05) is 19.1 Å². The molecule has 2 heteroatoms. The van der Waals surface area contributed by atoms with Crippen molar-refractivity contribution in [2.24, 2.45) is 5.41 Å². The summed E-state index contributed by atoms with van der Waals surface area (Å²) in [5.41, 5.74) is 2.80. The van der Waals surface area contributed by atoms with Crippen LogP contribution in [0.2, 0.25) is 0 Å². The average Bonchev–Trinajstić information content (AvgIpc) is 2.75. The van der Waals surface area contributed by atoms with Crippen molar-refractivity contribution in [2.45, 2.75) is 33.1 Å². The molecular weight excluding hydrogens is 188 g/mol. The number of carbonyl (C=O) groups is 1. The molecule has 0 amide bonds. The van der Waals surface area contributed by atoms with Crippen LogP contribution < -0.4 is 0 Å². The number of aromatic carboxylic acids is 1. The highest BCUT2D eigenvalue weighted by Gasteiger charge is 2.46. The summed E-state index contributed by atoms with van der Waals surface area (Å²) in [6, 6.07) is 5.80. The van der Waals surface area contributed by atoms with E-state index in [4.69, 9.17) is 5.11 Å². The molecule has 1 fully saturated rings. The summed E-state index contributed by atoms with van der Waals surface area (Å²) in [5, 5.41) is 9.02. The fraction of sp³-hybridized carbons (Fsp3) is 0.462. The van der Waals surface area contributed by atoms with Crippen LogP contribution in [-0.2, 0) is 0 Å². The highest BCUT2D eigenvalue weighted by molar-refractivity contribution is 5.89. The normalized spacial score (nSPS) is 22.5. The number of rotatable bonds is 2. The highest BCUT2D eigenvalue weighted by atomic mass is 16.4. The van der Waals surface area contributed by atoms with Gasteiger partial charge in [0.1, 0.15) is 0 Å². The van der Waals surface area contributed by atoms with Crippen molar-refractivity contribution in [1.29, 1.82) is 0 Å². The maximum atomic E-state index is 11.0. The minimum atomic E-state index is -0.826. The second-order valence-electron chi connectivity index (χ2n) is 5.12. The molecule has 80 valence electrons. The van der Waals surface area contributed by atoms with Crippen molar-refractivity contribution in [3.05, 3.63) is 34.9 Å². The highest BCUT2D eigenvalue weighted by Crippen LogP contribution is 2.58. The first kappa shape index (κ1) is 10.2. The van der Waals surface area contributed by atoms with Crippen LogP contribution in [0.5, 0.6) is 0 Å². The summed E-state index contributed by atoms with van der Waals surface area (Å²) in [7, 11) is 0. The minimum Gasteiger partial charge on any atom is -0.478 e. The summed E-state index contributed by atoms with van der Waals surface area (Å²) < 4.78 is 0. The van der Waals surface area contributed by atoms with Gasteiger partial charge < -0.3 is 5.11 Å². The molecule has 1 atom stereocenters. The van der Waals surface area contributed by atoms with E-state index in [9.17, 15) is 4.79 Å². The monoisotopic (exact) mass is 204 g/mol. The molecule has 0 heterocycles. The van der Waals surface area contributed by atoms with Crippen LogP contribution in [0, 0.1) is 12.3 Å². The van der Waals surface area contributed by atoms with Crippen LogP contribution in [0.1, 0.15) is 47.7 Å². The van der Waals surface area contributed by atoms with Gasteiger partial charge in [0, 0.05) is 0 Å². The fourth-order valence-corrected chi connectivity index (χ4v) is 2.12. The van der Waals surface area contributed by atoms with Crippen LogP contribution >= 0.6 is 0 Å². The Morgan fingerprint density at radius 1 is 1.47 bits per heavy atom. The summed E-state index contributed by atoms with van der Waals surface area (Å²) in [6.07, 6.45) is 1.16. The molecule has 0 bridgehead atoms. The topological polar surface area (TPSA) is 37.3 Å². The summed E-state index contributed by atoms with van der Waals surface area (Å²) >= 11 is 0. The molecule has 2 rings (SSSR count). The molecule has 0 spiro atoms. The number of benzene rings is 1. The first-order chi connectivity index (χ1) is 6.92. The van der Waals surface area contributed by atoms with Gasteiger partial charge in [-0.1, -0.05) is 26.0 Å². The third-order valence-corrected chi connectivity index (χ3v) is 3.41. The molecule has 0 aromatic heterocycles. The number of carboxylic acid groups (broad SMARTS) is 1. The van der Waals surface area contributed by atoms with Gasteiger partial charge >= 0.3 is 5.97 Å². The van der Waals surface area contributed by atoms with Gasteiger partial charge in [-0.3, -0.25) is 0 Å². The Hall–Kier alpha value is -1.31. The Kier molecular flexibility index (Phi) is 2.10. The Labute approximate surface area is 89.9 Å². The molecule has 1 aromatic carbocycles. The smallest absolute Gasteiger partial charge is 0.335 e. The quantitative estimate of drug-likeness (QED) is 0.803. The average molecular weight is 204 g/mol. The van der Waals surface area contributed by atoms with E-state index in [-0.39, 0.29) is 0 Å². The van der Waals surface area contributed by atoms with Gasteiger partial charge in [-0.15, -0.1) is 0 Å². The Morgan fingerprint density at radius 2 is 2.07 bits per heavy atom. The van der Waals surface area contributed by atoms with E-state index < -0.39 is 5.97 Å². The van der Waals surface area contributed by atoms with E-state index in [1.54, 1.807) is 0 Å². The second kappa shape index (κ2) is 3.09. The largest absolute Gasteiger partial charge is 0.478 e. The summed E-state index contributed by atoms with van der Waals surface area (Å²) in [6.45, 7) is 6.28. The third-order valence-electron chi connectivity index (χ3n) is 3.41. The van der Waals surface area contributed by atoms with Gasteiger partial charge in [0.2, 0.25) is 0 Å². The zero-order chi connectivity index (χ0) is 11.2. The second-order valence-corrected chi connectivity index (χ2v) is 5.12. The molecular formula is C13H16O2. The molecule has 0 radical (unpaired) electrons. The number of carboxylic acids is 1. The van der Waals surface area contributed by atoms with Crippen molar-refractivity contribution in [3.63, 3.8) is 0 Å². The molecule has 2 nitrogen and oxygen atoms in total. The van der Waals surface area contributed by atoms with Crippen LogP contribution in [0.3, 0.4) is 0 Å². The van der Waals surface area contributed by atoms with Gasteiger partial charge in [0.15, 0.2) is 0 Å². The van der Waals surface area contributed by atoms with Crippen molar-refractivity contribution in [1.82, 2.24) is 0 Å². The molecule has 1 aliphatic carbocycles. The summed E-state index contributed by atoms with van der Waals surface area (Å²) in [5.74, 6) is -0.288. The van der Waals surface area contributed by atoms with Crippen LogP contribution in [-0.4, -0.2) is 11.1 Å². The Balaban J connectivity index is 2.36. The van der Waals surface area contributed by atoms with Crippen molar-refractivity contribution in [3.8, 4) is 0 Å². The Morgan fingerprint density at radius 3 is 2.53 bits per heavy atom. The van der Waals surface area contributed by atoms with Crippen LogP contribution in [0.15, 0.2) is 18.2 Å². The van der Waals surface area contributed by atoms with Crippen LogP contribution in [0.4, 0.5) is 0 Å². The number of aryl methyl sites for hydroxylation is 1. The van der Waals surface area contributed by atoms with Gasteiger partial charge in [0.05, 0.1) is 5.56 Å². The number of hydrogen-bond acceptors (Lipinski definition) is 1. The first-order valence-electron chi connectivity index (χ1n) is 5.25. The molecule has 1 aromatic rings. The van der Waals surface area contributed by atoms with Crippen molar-refractivity contribution in [2.75, 3.05) is 0 Å². The lowest BCUT2D eigenvalue weighted by atomic mass is 9.98. The van der Waals surface area contributed by atoms with Gasteiger partial charge in [0.25, 0.3) is 0 Å². The maximum absolute atomic E-state index is 11.0. The lowest BCUT2D eigenvalue weighted by Gasteiger charge is -2.07. The van der Waals surface area contributed by atoms with Crippen molar-refractivity contribution < 1.29 is 9.90 Å². The minimum absolute atomic E-state index is 0.352. The Bertz CT molecular complexity index is 419. The molecule has 0 aliphatic heterocycles. The molecule has 0 saturated heterocycles. The third kappa shape index (κ3) is 1.76. The molecule has 1 unspecified atom stereocenters. The lowest BCUT2D eigenvalue weighted by molar-refractivity contribution is 0.0696. The summed E-state index contributed by atoms with van der Waals surface area (Å²) in [4.78, 5) is 11.0. The van der Waals surface area contributed by atoms with E-state index in [0.717, 1.165) is 12.0 Å². The van der Waals surface area contributed by atoms with Gasteiger partial charge in [-0.25, -0.2) is 4.79 Å². The zero-order valence-electron chi connectivity index (χ0n) is 9.37.